The molecule has 0 atom stereocenters. The highest BCUT2D eigenvalue weighted by atomic mass is 16.1. The van der Waals surface area contributed by atoms with E-state index in [1.165, 1.54) is 6.92 Å². The van der Waals surface area contributed by atoms with Crippen molar-refractivity contribution in [1.82, 2.24) is 19.8 Å². The molecule has 3 rings (SSSR count). The van der Waals surface area contributed by atoms with E-state index in [0.29, 0.717) is 29.1 Å². The summed E-state index contributed by atoms with van der Waals surface area (Å²) in [6, 6.07) is 10.6. The number of fused-ring (bicyclic) bond motifs is 1. The van der Waals surface area contributed by atoms with Crippen molar-refractivity contribution in [3.63, 3.8) is 0 Å². The summed E-state index contributed by atoms with van der Waals surface area (Å²) >= 11 is 0. The van der Waals surface area contributed by atoms with E-state index in [-0.39, 0.29) is 18.1 Å². The molecule has 0 fully saturated rings. The molecule has 0 aliphatic heterocycles. The molecule has 8 heteroatoms. The molecular weight excluding hydrogens is 356 g/mol. The first-order valence-corrected chi connectivity index (χ1v) is 9.39. The zero-order valence-corrected chi connectivity index (χ0v) is 16.3. The van der Waals surface area contributed by atoms with Crippen LogP contribution in [-0.2, 0) is 11.2 Å². The van der Waals surface area contributed by atoms with Gasteiger partial charge in [0.05, 0.1) is 0 Å². The van der Waals surface area contributed by atoms with Gasteiger partial charge in [-0.2, -0.15) is 4.52 Å². The predicted molar refractivity (Wildman–Crippen MR) is 108 cm³/mol. The molecule has 2 aromatic heterocycles. The number of anilines is 2. The summed E-state index contributed by atoms with van der Waals surface area (Å²) in [6.45, 7) is 7.39. The van der Waals surface area contributed by atoms with Crippen LogP contribution in [0.3, 0.4) is 0 Å². The molecular formula is C20H24N6O2. The number of nitrogens with one attached hydrogen (secondary N) is 1. The van der Waals surface area contributed by atoms with Crippen LogP contribution in [-0.4, -0.2) is 44.6 Å². The van der Waals surface area contributed by atoms with Crippen molar-refractivity contribution in [2.24, 2.45) is 0 Å². The van der Waals surface area contributed by atoms with E-state index in [2.05, 4.69) is 39.4 Å². The van der Waals surface area contributed by atoms with Gasteiger partial charge in [-0.05, 0) is 57.2 Å². The molecule has 0 bridgehead atoms. The first-order chi connectivity index (χ1) is 13.5. The van der Waals surface area contributed by atoms with Crippen LogP contribution in [0.15, 0.2) is 36.4 Å². The average molecular weight is 380 g/mol. The van der Waals surface area contributed by atoms with Crippen LogP contribution in [0, 0.1) is 0 Å². The van der Waals surface area contributed by atoms with Crippen LogP contribution >= 0.6 is 0 Å². The quantitative estimate of drug-likeness (QED) is 0.604. The molecule has 0 spiro atoms. The highest BCUT2D eigenvalue weighted by molar-refractivity contribution is 5.95. The number of carbonyl (C=O) groups is 2. The van der Waals surface area contributed by atoms with Gasteiger partial charge < -0.3 is 10.2 Å². The van der Waals surface area contributed by atoms with E-state index < -0.39 is 0 Å². The normalized spacial score (nSPS) is 10.8. The summed E-state index contributed by atoms with van der Waals surface area (Å²) in [5, 5.41) is 15.7. The lowest BCUT2D eigenvalue weighted by Gasteiger charge is -2.19. The minimum absolute atomic E-state index is 0.00635. The van der Waals surface area contributed by atoms with Gasteiger partial charge in [0, 0.05) is 37.2 Å². The highest BCUT2D eigenvalue weighted by Gasteiger charge is 2.12. The van der Waals surface area contributed by atoms with E-state index in [9.17, 15) is 9.59 Å². The fourth-order valence-corrected chi connectivity index (χ4v) is 2.93. The Hall–Kier alpha value is -3.29. The van der Waals surface area contributed by atoms with Crippen LogP contribution < -0.4 is 10.2 Å². The number of nitrogens with zero attached hydrogens (tertiary/aromatic N) is 5. The molecule has 28 heavy (non-hydrogen) atoms. The van der Waals surface area contributed by atoms with Crippen LogP contribution in [0.2, 0.25) is 0 Å². The van der Waals surface area contributed by atoms with Gasteiger partial charge in [-0.1, -0.05) is 0 Å². The number of Topliss-reactive ketones (excluding diaryl/α,β-unsaturated/α-hetero) is 1. The van der Waals surface area contributed by atoms with Crippen LogP contribution in [0.25, 0.3) is 5.65 Å². The van der Waals surface area contributed by atoms with Crippen LogP contribution in [0.5, 0.6) is 0 Å². The molecule has 0 saturated carbocycles. The number of aromatic nitrogens is 4. The Morgan fingerprint density at radius 3 is 2.39 bits per heavy atom. The topological polar surface area (TPSA) is 92.5 Å². The molecule has 0 aliphatic carbocycles. The fourth-order valence-electron chi connectivity index (χ4n) is 2.93. The standard InChI is InChI=1S/C20H24N6O2/c1-4-25(5-2)19-11-10-17-22-23-18(26(17)24-19)12-13-20(28)21-16-8-6-15(7-9-16)14(3)27/h6-11H,4-5,12-13H2,1-3H3,(H,21,28). The van der Waals surface area contributed by atoms with Crippen molar-refractivity contribution in [2.75, 3.05) is 23.3 Å². The summed E-state index contributed by atoms with van der Waals surface area (Å²) in [5.41, 5.74) is 1.93. The van der Waals surface area contributed by atoms with Crippen LogP contribution in [0.1, 0.15) is 43.4 Å². The summed E-state index contributed by atoms with van der Waals surface area (Å²) in [5.74, 6) is 1.36. The van der Waals surface area contributed by atoms with E-state index >= 15 is 0 Å². The maximum absolute atomic E-state index is 12.3. The Morgan fingerprint density at radius 2 is 1.75 bits per heavy atom. The van der Waals surface area contributed by atoms with Gasteiger partial charge in [-0.25, -0.2) is 0 Å². The number of rotatable bonds is 8. The number of aryl methyl sites for hydroxylation is 1. The van der Waals surface area contributed by atoms with E-state index in [1.807, 2.05) is 12.1 Å². The maximum atomic E-state index is 12.3. The van der Waals surface area contributed by atoms with E-state index in [0.717, 1.165) is 18.9 Å². The van der Waals surface area contributed by atoms with Crippen molar-refractivity contribution < 1.29 is 9.59 Å². The minimum Gasteiger partial charge on any atom is -0.356 e. The summed E-state index contributed by atoms with van der Waals surface area (Å²) in [7, 11) is 0. The Morgan fingerprint density at radius 1 is 1.04 bits per heavy atom. The second-order valence-electron chi connectivity index (χ2n) is 6.43. The fraction of sp³-hybridized carbons (Fsp3) is 0.350. The molecule has 146 valence electrons. The average Bonchev–Trinajstić information content (AvgIpc) is 3.10. The predicted octanol–water partition coefficient (Wildman–Crippen LogP) is 2.74. The summed E-state index contributed by atoms with van der Waals surface area (Å²) < 4.78 is 1.70. The third-order valence-electron chi connectivity index (χ3n) is 4.55. The number of ketones is 1. The second kappa shape index (κ2) is 8.60. The molecule has 1 N–H and O–H groups in total. The van der Waals surface area contributed by atoms with Crippen molar-refractivity contribution in [3.05, 3.63) is 47.8 Å². The SMILES string of the molecule is CCN(CC)c1ccc2nnc(CCC(=O)Nc3ccc(C(C)=O)cc3)n2n1. The van der Waals surface area contributed by atoms with Crippen LogP contribution in [0.4, 0.5) is 11.5 Å². The summed E-state index contributed by atoms with van der Waals surface area (Å²) in [6.07, 6.45) is 0.680. The van der Waals surface area contributed by atoms with Gasteiger partial charge in [-0.3, -0.25) is 9.59 Å². The first kappa shape index (κ1) is 19.5. The van der Waals surface area contributed by atoms with Gasteiger partial charge in [0.1, 0.15) is 5.82 Å². The summed E-state index contributed by atoms with van der Waals surface area (Å²) in [4.78, 5) is 25.7. The lowest BCUT2D eigenvalue weighted by Crippen LogP contribution is -2.23. The lowest BCUT2D eigenvalue weighted by molar-refractivity contribution is -0.116. The first-order valence-electron chi connectivity index (χ1n) is 9.39. The Labute approximate surface area is 163 Å². The number of hydrogen-bond acceptors (Lipinski definition) is 6. The van der Waals surface area contributed by atoms with Crippen molar-refractivity contribution in [1.29, 1.82) is 0 Å². The molecule has 1 aromatic carbocycles. The second-order valence-corrected chi connectivity index (χ2v) is 6.43. The van der Waals surface area contributed by atoms with Crippen molar-refractivity contribution >= 4 is 28.8 Å². The molecule has 0 unspecified atom stereocenters. The molecule has 2 heterocycles. The molecule has 8 nitrogen and oxygen atoms in total. The van der Waals surface area contributed by atoms with Gasteiger partial charge in [0.2, 0.25) is 5.91 Å². The molecule has 0 saturated heterocycles. The third kappa shape index (κ3) is 4.33. The maximum Gasteiger partial charge on any atom is 0.224 e. The van der Waals surface area contributed by atoms with E-state index in [4.69, 9.17) is 0 Å². The largest absolute Gasteiger partial charge is 0.356 e. The van der Waals surface area contributed by atoms with E-state index in [1.54, 1.807) is 28.8 Å². The zero-order chi connectivity index (χ0) is 20.1. The number of carbonyl (C=O) groups excluding carboxylic acids is 2. The minimum atomic E-state index is -0.132. The Kier molecular flexibility index (Phi) is 5.98. The highest BCUT2D eigenvalue weighted by Crippen LogP contribution is 2.14. The Balaban J connectivity index is 1.66. The number of benzene rings is 1. The van der Waals surface area contributed by atoms with Gasteiger partial charge in [0.25, 0.3) is 0 Å². The smallest absolute Gasteiger partial charge is 0.224 e. The molecule has 0 aliphatic rings. The van der Waals surface area contributed by atoms with Gasteiger partial charge in [0.15, 0.2) is 17.3 Å². The monoisotopic (exact) mass is 380 g/mol. The number of amides is 1. The number of hydrogen-bond donors (Lipinski definition) is 1. The van der Waals surface area contributed by atoms with Crippen molar-refractivity contribution in [3.8, 4) is 0 Å². The van der Waals surface area contributed by atoms with Crippen molar-refractivity contribution in [2.45, 2.75) is 33.6 Å². The molecule has 0 radical (unpaired) electrons. The van der Waals surface area contributed by atoms with Gasteiger partial charge in [-0.15, -0.1) is 15.3 Å². The zero-order valence-electron chi connectivity index (χ0n) is 16.3. The molecule has 1 amide bonds. The third-order valence-corrected chi connectivity index (χ3v) is 4.55. The lowest BCUT2D eigenvalue weighted by atomic mass is 10.1. The Bertz CT molecular complexity index is 976. The molecule has 3 aromatic rings. The van der Waals surface area contributed by atoms with Gasteiger partial charge >= 0.3 is 0 Å².